The van der Waals surface area contributed by atoms with Gasteiger partial charge in [0, 0.05) is 19.1 Å². The van der Waals surface area contributed by atoms with E-state index in [0.717, 1.165) is 18.9 Å². The Labute approximate surface area is 119 Å². The molecule has 1 fully saturated rings. The maximum Gasteiger partial charge on any atom is 0.243 e. The van der Waals surface area contributed by atoms with Gasteiger partial charge in [0.25, 0.3) is 0 Å². The van der Waals surface area contributed by atoms with Gasteiger partial charge in [0.05, 0.1) is 4.90 Å². The number of nitrogens with zero attached hydrogens (tertiary/aromatic N) is 1. The van der Waals surface area contributed by atoms with Gasteiger partial charge in [-0.3, -0.25) is 0 Å². The topological polar surface area (TPSA) is 63.4 Å². The molecule has 2 rings (SSSR count). The smallest absolute Gasteiger partial charge is 0.243 e. The molecule has 0 aromatic heterocycles. The molecule has 0 radical (unpaired) electrons. The van der Waals surface area contributed by atoms with Crippen LogP contribution >= 0.6 is 0 Å². The lowest BCUT2D eigenvalue weighted by molar-refractivity contribution is 0.243. The average molecular weight is 300 g/mol. The Hall–Kier alpha value is -0.980. The molecule has 0 spiro atoms. The lowest BCUT2D eigenvalue weighted by Gasteiger charge is -2.33. The van der Waals surface area contributed by atoms with Crippen LogP contribution in [0.4, 0.5) is 4.39 Å². The number of rotatable bonds is 3. The van der Waals surface area contributed by atoms with Crippen molar-refractivity contribution in [3.05, 3.63) is 29.6 Å². The molecule has 1 aromatic rings. The van der Waals surface area contributed by atoms with Gasteiger partial charge in [-0.05, 0) is 50.3 Å². The third-order valence-electron chi connectivity index (χ3n) is 3.95. The lowest BCUT2D eigenvalue weighted by Crippen LogP contribution is -2.44. The predicted octanol–water partition coefficient (Wildman–Crippen LogP) is 1.88. The SMILES string of the molecule is Cc1ccc(S(=O)(=O)N2CCC[C@H]([C@H](C)N)C2)cc1F. The minimum absolute atomic E-state index is 0.0194. The van der Waals surface area contributed by atoms with E-state index in [2.05, 4.69) is 0 Å². The molecule has 0 amide bonds. The molecule has 0 saturated carbocycles. The molecule has 1 aromatic carbocycles. The van der Waals surface area contributed by atoms with Crippen LogP contribution in [0.3, 0.4) is 0 Å². The molecular formula is C14H21FN2O2S. The highest BCUT2D eigenvalue weighted by atomic mass is 32.2. The number of nitrogens with two attached hydrogens (primary N) is 1. The average Bonchev–Trinajstić information content (AvgIpc) is 2.42. The third-order valence-corrected chi connectivity index (χ3v) is 5.81. The van der Waals surface area contributed by atoms with E-state index < -0.39 is 15.8 Å². The van der Waals surface area contributed by atoms with E-state index in [9.17, 15) is 12.8 Å². The van der Waals surface area contributed by atoms with Gasteiger partial charge in [0.15, 0.2) is 0 Å². The fourth-order valence-electron chi connectivity index (χ4n) is 2.50. The van der Waals surface area contributed by atoms with E-state index in [1.807, 2.05) is 6.92 Å². The van der Waals surface area contributed by atoms with Gasteiger partial charge in [-0.2, -0.15) is 4.31 Å². The first kappa shape index (κ1) is 15.4. The van der Waals surface area contributed by atoms with Crippen molar-refractivity contribution in [1.82, 2.24) is 4.31 Å². The summed E-state index contributed by atoms with van der Waals surface area (Å²) in [6.45, 7) is 4.39. The zero-order valence-corrected chi connectivity index (χ0v) is 12.7. The second-order valence-electron chi connectivity index (χ2n) is 5.54. The molecule has 1 heterocycles. The first-order chi connectivity index (χ1) is 9.32. The molecule has 0 bridgehead atoms. The van der Waals surface area contributed by atoms with Crippen molar-refractivity contribution in [1.29, 1.82) is 0 Å². The molecular weight excluding hydrogens is 279 g/mol. The van der Waals surface area contributed by atoms with E-state index in [1.165, 1.54) is 16.4 Å². The van der Waals surface area contributed by atoms with Crippen LogP contribution in [0, 0.1) is 18.7 Å². The van der Waals surface area contributed by atoms with Gasteiger partial charge < -0.3 is 5.73 Å². The molecule has 112 valence electrons. The Morgan fingerprint density at radius 2 is 2.15 bits per heavy atom. The van der Waals surface area contributed by atoms with Crippen LogP contribution < -0.4 is 5.73 Å². The number of hydrogen-bond acceptors (Lipinski definition) is 3. The van der Waals surface area contributed by atoms with E-state index in [0.29, 0.717) is 18.7 Å². The molecule has 1 saturated heterocycles. The number of benzene rings is 1. The van der Waals surface area contributed by atoms with E-state index in [1.54, 1.807) is 6.92 Å². The summed E-state index contributed by atoms with van der Waals surface area (Å²) >= 11 is 0. The maximum absolute atomic E-state index is 13.6. The lowest BCUT2D eigenvalue weighted by atomic mass is 9.93. The molecule has 0 unspecified atom stereocenters. The molecule has 2 atom stereocenters. The van der Waals surface area contributed by atoms with Gasteiger partial charge in [0.2, 0.25) is 10.0 Å². The zero-order valence-electron chi connectivity index (χ0n) is 11.8. The molecule has 1 aliphatic rings. The Bertz CT molecular complexity index is 587. The van der Waals surface area contributed by atoms with Crippen LogP contribution in [0.1, 0.15) is 25.3 Å². The summed E-state index contributed by atoms with van der Waals surface area (Å²) in [6, 6.07) is 4.02. The van der Waals surface area contributed by atoms with Gasteiger partial charge >= 0.3 is 0 Å². The van der Waals surface area contributed by atoms with Gasteiger partial charge in [0.1, 0.15) is 5.82 Å². The standard InChI is InChI=1S/C14H21FN2O2S/c1-10-5-6-13(8-14(10)15)20(18,19)17-7-3-4-12(9-17)11(2)16/h5-6,8,11-12H,3-4,7,9,16H2,1-2H3/t11-,12-/m0/s1. The largest absolute Gasteiger partial charge is 0.328 e. The summed E-state index contributed by atoms with van der Waals surface area (Å²) in [6.07, 6.45) is 1.73. The molecule has 0 aliphatic carbocycles. The molecule has 1 aliphatic heterocycles. The summed E-state index contributed by atoms with van der Waals surface area (Å²) in [4.78, 5) is 0.0194. The van der Waals surface area contributed by atoms with Crippen LogP contribution in [-0.4, -0.2) is 31.9 Å². The number of aryl methyl sites for hydroxylation is 1. The quantitative estimate of drug-likeness (QED) is 0.927. The zero-order chi connectivity index (χ0) is 14.9. The van der Waals surface area contributed by atoms with Crippen LogP contribution in [0.15, 0.2) is 23.1 Å². The number of hydrogen-bond donors (Lipinski definition) is 1. The van der Waals surface area contributed by atoms with Crippen LogP contribution in [0.2, 0.25) is 0 Å². The Kier molecular flexibility index (Phi) is 4.46. The second-order valence-corrected chi connectivity index (χ2v) is 7.47. The minimum atomic E-state index is -3.63. The van der Waals surface area contributed by atoms with E-state index in [-0.39, 0.29) is 16.9 Å². The van der Waals surface area contributed by atoms with Crippen LogP contribution in [-0.2, 0) is 10.0 Å². The second kappa shape index (κ2) is 5.79. The molecule has 4 nitrogen and oxygen atoms in total. The van der Waals surface area contributed by atoms with E-state index in [4.69, 9.17) is 5.73 Å². The van der Waals surface area contributed by atoms with Crippen molar-refractivity contribution in [2.24, 2.45) is 11.7 Å². The van der Waals surface area contributed by atoms with Crippen molar-refractivity contribution in [3.8, 4) is 0 Å². The number of sulfonamides is 1. The van der Waals surface area contributed by atoms with Gasteiger partial charge in [-0.1, -0.05) is 6.07 Å². The fraction of sp³-hybridized carbons (Fsp3) is 0.571. The maximum atomic E-state index is 13.6. The Morgan fingerprint density at radius 1 is 1.45 bits per heavy atom. The normalized spacial score (nSPS) is 22.7. The van der Waals surface area contributed by atoms with Gasteiger partial charge in [-0.25, -0.2) is 12.8 Å². The van der Waals surface area contributed by atoms with Crippen molar-refractivity contribution >= 4 is 10.0 Å². The summed E-state index contributed by atoms with van der Waals surface area (Å²) in [5.41, 5.74) is 6.31. The highest BCUT2D eigenvalue weighted by Crippen LogP contribution is 2.25. The summed E-state index contributed by atoms with van der Waals surface area (Å²) < 4.78 is 40.1. The van der Waals surface area contributed by atoms with Gasteiger partial charge in [-0.15, -0.1) is 0 Å². The van der Waals surface area contributed by atoms with E-state index >= 15 is 0 Å². The van der Waals surface area contributed by atoms with Crippen molar-refractivity contribution < 1.29 is 12.8 Å². The molecule has 2 N–H and O–H groups in total. The fourth-order valence-corrected chi connectivity index (χ4v) is 4.05. The highest BCUT2D eigenvalue weighted by molar-refractivity contribution is 7.89. The van der Waals surface area contributed by atoms with Crippen LogP contribution in [0.25, 0.3) is 0 Å². The molecule has 20 heavy (non-hydrogen) atoms. The molecule has 6 heteroatoms. The first-order valence-electron chi connectivity index (χ1n) is 6.84. The summed E-state index contributed by atoms with van der Waals surface area (Å²) in [5.74, 6) is -0.333. The summed E-state index contributed by atoms with van der Waals surface area (Å²) in [5, 5.41) is 0. The Morgan fingerprint density at radius 3 is 2.75 bits per heavy atom. The van der Waals surface area contributed by atoms with Crippen molar-refractivity contribution in [2.75, 3.05) is 13.1 Å². The van der Waals surface area contributed by atoms with Crippen molar-refractivity contribution in [2.45, 2.75) is 37.6 Å². The monoisotopic (exact) mass is 300 g/mol. The third kappa shape index (κ3) is 3.02. The predicted molar refractivity (Wildman–Crippen MR) is 76.3 cm³/mol. The van der Waals surface area contributed by atoms with Crippen LogP contribution in [0.5, 0.6) is 0 Å². The Balaban J connectivity index is 2.27. The number of piperidine rings is 1. The summed E-state index contributed by atoms with van der Waals surface area (Å²) in [7, 11) is -3.63. The minimum Gasteiger partial charge on any atom is -0.328 e. The first-order valence-corrected chi connectivity index (χ1v) is 8.28. The highest BCUT2D eigenvalue weighted by Gasteiger charge is 2.31. The van der Waals surface area contributed by atoms with Crippen molar-refractivity contribution in [3.63, 3.8) is 0 Å². The number of halogens is 1.